The lowest BCUT2D eigenvalue weighted by molar-refractivity contribution is 0.102. The fourth-order valence-corrected chi connectivity index (χ4v) is 4.55. The van der Waals surface area contributed by atoms with Gasteiger partial charge in [0, 0.05) is 46.8 Å². The summed E-state index contributed by atoms with van der Waals surface area (Å²) in [6.45, 7) is 0. The van der Waals surface area contributed by atoms with Gasteiger partial charge in [0.25, 0.3) is 0 Å². The Balaban J connectivity index is 1.59. The summed E-state index contributed by atoms with van der Waals surface area (Å²) in [4.78, 5) is 26.9. The molecule has 0 aliphatic rings. The number of imidazole rings is 1. The van der Waals surface area contributed by atoms with E-state index >= 15 is 0 Å². The Morgan fingerprint density at radius 1 is 1.00 bits per heavy atom. The van der Waals surface area contributed by atoms with E-state index in [9.17, 15) is 4.79 Å². The molecule has 31 heavy (non-hydrogen) atoms. The Labute approximate surface area is 198 Å². The zero-order chi connectivity index (χ0) is 21.8. The molecule has 0 N–H and O–H groups in total. The Morgan fingerprint density at radius 2 is 1.68 bits per heavy atom. The van der Waals surface area contributed by atoms with Crippen molar-refractivity contribution in [3.8, 4) is 11.3 Å². The molecule has 0 saturated heterocycles. The highest BCUT2D eigenvalue weighted by Gasteiger charge is 2.15. The largest absolute Gasteiger partial charge is 0.329 e. The van der Waals surface area contributed by atoms with Crippen molar-refractivity contribution in [1.29, 1.82) is 0 Å². The highest BCUT2D eigenvalue weighted by molar-refractivity contribution is 8.00. The van der Waals surface area contributed by atoms with Crippen LogP contribution in [0.5, 0.6) is 0 Å². The molecule has 0 amide bonds. The van der Waals surface area contributed by atoms with Crippen molar-refractivity contribution in [2.24, 2.45) is 7.05 Å². The zero-order valence-corrected chi connectivity index (χ0v) is 19.5. The van der Waals surface area contributed by atoms with Crippen LogP contribution in [0.3, 0.4) is 0 Å². The predicted molar refractivity (Wildman–Crippen MR) is 126 cm³/mol. The number of hydrogen-bond acceptors (Lipinski definition) is 6. The summed E-state index contributed by atoms with van der Waals surface area (Å²) in [6.07, 6.45) is 5.40. The van der Waals surface area contributed by atoms with Crippen molar-refractivity contribution < 1.29 is 4.79 Å². The van der Waals surface area contributed by atoms with Gasteiger partial charge >= 0.3 is 0 Å². The van der Waals surface area contributed by atoms with Gasteiger partial charge in [-0.2, -0.15) is 0 Å². The van der Waals surface area contributed by atoms with Crippen LogP contribution in [0.4, 0.5) is 0 Å². The van der Waals surface area contributed by atoms with Gasteiger partial charge in [-0.05, 0) is 48.2 Å². The van der Waals surface area contributed by atoms with Crippen LogP contribution < -0.4 is 0 Å². The number of carbonyl (C=O) groups is 1. The van der Waals surface area contributed by atoms with E-state index < -0.39 is 0 Å². The molecule has 5 nitrogen and oxygen atoms in total. The minimum absolute atomic E-state index is 0.00947. The first kappa shape index (κ1) is 21.9. The van der Waals surface area contributed by atoms with Crippen molar-refractivity contribution in [3.63, 3.8) is 0 Å². The van der Waals surface area contributed by atoms with Crippen LogP contribution in [0.2, 0.25) is 10.0 Å². The van der Waals surface area contributed by atoms with E-state index in [1.807, 2.05) is 42.1 Å². The van der Waals surface area contributed by atoms with Crippen molar-refractivity contribution in [3.05, 3.63) is 82.7 Å². The summed E-state index contributed by atoms with van der Waals surface area (Å²) in [6, 6.07) is 14.3. The molecule has 2 aromatic carbocycles. The Hall–Kier alpha value is -2.32. The Morgan fingerprint density at radius 3 is 2.32 bits per heavy atom. The molecule has 156 valence electrons. The number of hydrogen-bond donors (Lipinski definition) is 0. The average molecular weight is 487 g/mol. The number of Topliss-reactive ketones (excluding diaryl/α,β-unsaturated/α-hetero) is 1. The van der Waals surface area contributed by atoms with Gasteiger partial charge in [0.15, 0.2) is 16.1 Å². The molecule has 0 aliphatic carbocycles. The molecule has 0 bridgehead atoms. The smallest absolute Gasteiger partial charge is 0.188 e. The Kier molecular flexibility index (Phi) is 6.97. The van der Waals surface area contributed by atoms with E-state index in [2.05, 4.69) is 9.97 Å². The Bertz CT molecular complexity index is 1210. The second kappa shape index (κ2) is 9.87. The van der Waals surface area contributed by atoms with Gasteiger partial charge in [-0.3, -0.25) is 4.79 Å². The lowest BCUT2D eigenvalue weighted by atomic mass is 10.1. The van der Waals surface area contributed by atoms with Crippen LogP contribution in [0.25, 0.3) is 11.3 Å². The van der Waals surface area contributed by atoms with E-state index in [-0.39, 0.29) is 11.5 Å². The SMILES string of the molecule is Cn1ccnc1Sc1cnc(SCC(=O)c2ccc(Cl)cc2)nc1-c1ccc(Cl)cc1. The van der Waals surface area contributed by atoms with E-state index in [0.717, 1.165) is 21.3 Å². The van der Waals surface area contributed by atoms with Crippen molar-refractivity contribution >= 4 is 52.5 Å². The number of halogens is 2. The maximum atomic E-state index is 12.5. The summed E-state index contributed by atoms with van der Waals surface area (Å²) in [5, 5.41) is 2.61. The molecule has 0 unspecified atom stereocenters. The summed E-state index contributed by atoms with van der Waals surface area (Å²) in [5.74, 6) is 0.220. The topological polar surface area (TPSA) is 60.7 Å². The number of aryl methyl sites for hydroxylation is 1. The number of carbonyl (C=O) groups excluding carboxylic acids is 1. The van der Waals surface area contributed by atoms with Gasteiger partial charge in [0.1, 0.15) is 0 Å². The molecule has 9 heteroatoms. The number of nitrogens with zero attached hydrogens (tertiary/aromatic N) is 4. The van der Waals surface area contributed by atoms with Gasteiger partial charge < -0.3 is 4.57 Å². The highest BCUT2D eigenvalue weighted by Crippen LogP contribution is 2.35. The predicted octanol–water partition coefficient (Wildman–Crippen LogP) is 6.31. The van der Waals surface area contributed by atoms with E-state index in [4.69, 9.17) is 28.2 Å². The molecule has 2 heterocycles. The van der Waals surface area contributed by atoms with Crippen LogP contribution in [0.1, 0.15) is 10.4 Å². The number of rotatable bonds is 7. The first-order chi connectivity index (χ1) is 15.0. The molecular formula is C22H16Cl2N4OS2. The molecule has 0 radical (unpaired) electrons. The third-order valence-electron chi connectivity index (χ3n) is 4.33. The number of thioether (sulfide) groups is 1. The standard InChI is InChI=1S/C22H16Cl2N4OS2/c1-28-11-10-25-22(28)31-19-12-26-21(27-20(19)15-4-8-17(24)9-5-15)30-13-18(29)14-2-6-16(23)7-3-14/h2-12H,13H2,1H3. The summed E-state index contributed by atoms with van der Waals surface area (Å²) >= 11 is 14.7. The van der Waals surface area contributed by atoms with Gasteiger partial charge in [0.2, 0.25) is 0 Å². The number of ketones is 1. The minimum atomic E-state index is -0.00947. The van der Waals surface area contributed by atoms with E-state index in [1.165, 1.54) is 23.5 Å². The third kappa shape index (κ3) is 5.49. The van der Waals surface area contributed by atoms with Crippen LogP contribution in [-0.4, -0.2) is 31.1 Å². The van der Waals surface area contributed by atoms with Crippen molar-refractivity contribution in [2.75, 3.05) is 5.75 Å². The second-order valence-electron chi connectivity index (χ2n) is 6.51. The van der Waals surface area contributed by atoms with Crippen LogP contribution >= 0.6 is 46.7 Å². The summed E-state index contributed by atoms with van der Waals surface area (Å²) < 4.78 is 1.93. The zero-order valence-electron chi connectivity index (χ0n) is 16.3. The molecule has 2 aromatic heterocycles. The minimum Gasteiger partial charge on any atom is -0.329 e. The average Bonchev–Trinajstić information content (AvgIpc) is 3.18. The molecule has 0 aliphatic heterocycles. The molecule has 0 fully saturated rings. The first-order valence-corrected chi connectivity index (χ1v) is 11.7. The quantitative estimate of drug-likeness (QED) is 0.173. The van der Waals surface area contributed by atoms with Gasteiger partial charge in [-0.15, -0.1) is 0 Å². The van der Waals surface area contributed by atoms with Crippen LogP contribution in [0, 0.1) is 0 Å². The van der Waals surface area contributed by atoms with Gasteiger partial charge in [-0.1, -0.05) is 47.1 Å². The third-order valence-corrected chi connectivity index (χ3v) is 6.79. The van der Waals surface area contributed by atoms with Gasteiger partial charge in [-0.25, -0.2) is 15.0 Å². The lowest BCUT2D eigenvalue weighted by Gasteiger charge is -2.10. The number of aromatic nitrogens is 4. The summed E-state index contributed by atoms with van der Waals surface area (Å²) in [5.41, 5.74) is 2.28. The van der Waals surface area contributed by atoms with Crippen molar-refractivity contribution in [2.45, 2.75) is 15.2 Å². The fraction of sp³-hybridized carbons (Fsp3) is 0.0909. The molecule has 4 rings (SSSR count). The molecule has 4 aromatic rings. The lowest BCUT2D eigenvalue weighted by Crippen LogP contribution is -2.03. The second-order valence-corrected chi connectivity index (χ2v) is 9.34. The summed E-state index contributed by atoms with van der Waals surface area (Å²) in [7, 11) is 1.94. The van der Waals surface area contributed by atoms with Crippen molar-refractivity contribution in [1.82, 2.24) is 19.5 Å². The highest BCUT2D eigenvalue weighted by atomic mass is 35.5. The molecule has 0 spiro atoms. The monoisotopic (exact) mass is 486 g/mol. The maximum Gasteiger partial charge on any atom is 0.188 e. The van der Waals surface area contributed by atoms with Crippen LogP contribution in [-0.2, 0) is 7.05 Å². The van der Waals surface area contributed by atoms with E-state index in [1.54, 1.807) is 36.7 Å². The van der Waals surface area contributed by atoms with E-state index in [0.29, 0.717) is 20.8 Å². The molecule has 0 atom stereocenters. The maximum absolute atomic E-state index is 12.5. The number of benzene rings is 2. The molecular weight excluding hydrogens is 471 g/mol. The normalized spacial score (nSPS) is 10.9. The van der Waals surface area contributed by atoms with Gasteiger partial charge in [0.05, 0.1) is 16.3 Å². The molecule has 0 saturated carbocycles. The first-order valence-electron chi connectivity index (χ1n) is 9.19. The fourth-order valence-electron chi connectivity index (χ4n) is 2.71. The van der Waals surface area contributed by atoms with Crippen LogP contribution in [0.15, 0.2) is 82.3 Å².